The molecular formula is C13H15N3S. The first-order valence-electron chi connectivity index (χ1n) is 5.91. The molecule has 2 aromatic heterocycles. The first-order chi connectivity index (χ1) is 8.33. The molecule has 0 atom stereocenters. The summed E-state index contributed by atoms with van der Waals surface area (Å²) < 4.78 is 0. The monoisotopic (exact) mass is 245 g/mol. The SMILES string of the molecule is Cc1cscc1-c1nccc(CNC2CC2)n1. The Labute approximate surface area is 105 Å². The molecule has 17 heavy (non-hydrogen) atoms. The number of aromatic nitrogens is 2. The first kappa shape index (κ1) is 10.9. The predicted molar refractivity (Wildman–Crippen MR) is 69.9 cm³/mol. The molecule has 0 amide bonds. The highest BCUT2D eigenvalue weighted by Crippen LogP contribution is 2.23. The molecule has 1 aliphatic rings. The summed E-state index contributed by atoms with van der Waals surface area (Å²) in [5.74, 6) is 0.846. The van der Waals surface area contributed by atoms with Gasteiger partial charge in [0.2, 0.25) is 0 Å². The van der Waals surface area contributed by atoms with Crippen molar-refractivity contribution < 1.29 is 0 Å². The van der Waals surface area contributed by atoms with E-state index in [1.165, 1.54) is 18.4 Å². The average molecular weight is 245 g/mol. The highest BCUT2D eigenvalue weighted by Gasteiger charge is 2.20. The lowest BCUT2D eigenvalue weighted by Crippen LogP contribution is -2.16. The van der Waals surface area contributed by atoms with Crippen molar-refractivity contribution in [3.8, 4) is 11.4 Å². The van der Waals surface area contributed by atoms with Gasteiger partial charge in [0.1, 0.15) is 0 Å². The van der Waals surface area contributed by atoms with Crippen molar-refractivity contribution in [2.24, 2.45) is 0 Å². The van der Waals surface area contributed by atoms with Crippen LogP contribution in [0.3, 0.4) is 0 Å². The van der Waals surface area contributed by atoms with Crippen LogP contribution >= 0.6 is 11.3 Å². The Kier molecular flexibility index (Phi) is 2.91. The van der Waals surface area contributed by atoms with Crippen LogP contribution in [0.1, 0.15) is 24.1 Å². The second-order valence-corrected chi connectivity index (χ2v) is 5.24. The molecule has 0 spiro atoms. The van der Waals surface area contributed by atoms with Crippen molar-refractivity contribution in [1.82, 2.24) is 15.3 Å². The van der Waals surface area contributed by atoms with Gasteiger partial charge in [0.15, 0.2) is 5.82 Å². The van der Waals surface area contributed by atoms with Gasteiger partial charge in [0.25, 0.3) is 0 Å². The smallest absolute Gasteiger partial charge is 0.160 e. The molecule has 1 aliphatic carbocycles. The molecule has 0 unspecified atom stereocenters. The van der Waals surface area contributed by atoms with Crippen LogP contribution in [0.4, 0.5) is 0 Å². The van der Waals surface area contributed by atoms with E-state index < -0.39 is 0 Å². The maximum absolute atomic E-state index is 4.61. The van der Waals surface area contributed by atoms with E-state index in [1.54, 1.807) is 11.3 Å². The van der Waals surface area contributed by atoms with Crippen molar-refractivity contribution in [3.05, 3.63) is 34.3 Å². The van der Waals surface area contributed by atoms with Gasteiger partial charge in [-0.1, -0.05) is 0 Å². The third-order valence-corrected chi connectivity index (χ3v) is 3.82. The van der Waals surface area contributed by atoms with Gasteiger partial charge in [0.05, 0.1) is 5.69 Å². The van der Waals surface area contributed by atoms with Crippen molar-refractivity contribution >= 4 is 11.3 Å². The van der Waals surface area contributed by atoms with E-state index in [2.05, 4.69) is 33.0 Å². The molecule has 4 heteroatoms. The Morgan fingerprint density at radius 3 is 3.00 bits per heavy atom. The molecule has 0 aromatic carbocycles. The quantitative estimate of drug-likeness (QED) is 0.900. The topological polar surface area (TPSA) is 37.8 Å². The number of rotatable bonds is 4. The first-order valence-corrected chi connectivity index (χ1v) is 6.85. The predicted octanol–water partition coefficient (Wildman–Crippen LogP) is 2.77. The maximum atomic E-state index is 4.61. The summed E-state index contributed by atoms with van der Waals surface area (Å²) in [4.78, 5) is 8.96. The van der Waals surface area contributed by atoms with Crippen LogP contribution in [0.2, 0.25) is 0 Å². The number of hydrogen-bond acceptors (Lipinski definition) is 4. The molecule has 0 aliphatic heterocycles. The van der Waals surface area contributed by atoms with Gasteiger partial charge in [-0.15, -0.1) is 0 Å². The van der Waals surface area contributed by atoms with Crippen molar-refractivity contribution in [2.45, 2.75) is 32.4 Å². The zero-order chi connectivity index (χ0) is 11.7. The van der Waals surface area contributed by atoms with E-state index in [4.69, 9.17) is 0 Å². The Balaban J connectivity index is 1.80. The van der Waals surface area contributed by atoms with Crippen molar-refractivity contribution in [1.29, 1.82) is 0 Å². The zero-order valence-corrected chi connectivity index (χ0v) is 10.6. The molecule has 3 rings (SSSR count). The maximum Gasteiger partial charge on any atom is 0.160 e. The molecule has 1 saturated carbocycles. The molecule has 2 aromatic rings. The Morgan fingerprint density at radius 1 is 1.41 bits per heavy atom. The normalized spacial score (nSPS) is 15.1. The number of nitrogens with zero attached hydrogens (tertiary/aromatic N) is 2. The van der Waals surface area contributed by atoms with Gasteiger partial charge < -0.3 is 5.32 Å². The highest BCUT2D eigenvalue weighted by atomic mass is 32.1. The molecule has 1 N–H and O–H groups in total. The summed E-state index contributed by atoms with van der Waals surface area (Å²) in [5.41, 5.74) is 3.48. The highest BCUT2D eigenvalue weighted by molar-refractivity contribution is 7.08. The Morgan fingerprint density at radius 2 is 2.29 bits per heavy atom. The fourth-order valence-corrected chi connectivity index (χ4v) is 2.58. The van der Waals surface area contributed by atoms with Crippen LogP contribution in [-0.4, -0.2) is 16.0 Å². The third kappa shape index (κ3) is 2.53. The molecular weight excluding hydrogens is 230 g/mol. The summed E-state index contributed by atoms with van der Waals surface area (Å²) >= 11 is 1.70. The molecule has 2 heterocycles. The largest absolute Gasteiger partial charge is 0.308 e. The second-order valence-electron chi connectivity index (χ2n) is 4.50. The van der Waals surface area contributed by atoms with Gasteiger partial charge in [-0.05, 0) is 36.8 Å². The van der Waals surface area contributed by atoms with Gasteiger partial charge in [-0.2, -0.15) is 11.3 Å². The molecule has 3 nitrogen and oxygen atoms in total. The second kappa shape index (κ2) is 4.55. The van der Waals surface area contributed by atoms with Crippen LogP contribution in [0.15, 0.2) is 23.0 Å². The van der Waals surface area contributed by atoms with Gasteiger partial charge in [-0.3, -0.25) is 0 Å². The van der Waals surface area contributed by atoms with E-state index in [0.717, 1.165) is 29.7 Å². The number of nitrogens with one attached hydrogen (secondary N) is 1. The lowest BCUT2D eigenvalue weighted by atomic mass is 10.2. The van der Waals surface area contributed by atoms with E-state index in [9.17, 15) is 0 Å². The standard InChI is InChI=1S/C13H15N3S/c1-9-7-17-8-12(9)13-14-5-4-11(16-13)6-15-10-2-3-10/h4-5,7-8,10,15H,2-3,6H2,1H3. The fourth-order valence-electron chi connectivity index (χ4n) is 1.75. The van der Waals surface area contributed by atoms with E-state index in [1.807, 2.05) is 12.3 Å². The molecule has 0 saturated heterocycles. The fraction of sp³-hybridized carbons (Fsp3) is 0.385. The van der Waals surface area contributed by atoms with Crippen molar-refractivity contribution in [3.63, 3.8) is 0 Å². The summed E-state index contributed by atoms with van der Waals surface area (Å²) in [6.07, 6.45) is 4.46. The zero-order valence-electron chi connectivity index (χ0n) is 9.81. The van der Waals surface area contributed by atoms with Crippen LogP contribution < -0.4 is 5.32 Å². The number of hydrogen-bond donors (Lipinski definition) is 1. The summed E-state index contributed by atoms with van der Waals surface area (Å²) in [7, 11) is 0. The Hall–Kier alpha value is -1.26. The minimum Gasteiger partial charge on any atom is -0.308 e. The van der Waals surface area contributed by atoms with Crippen LogP contribution in [0.5, 0.6) is 0 Å². The summed E-state index contributed by atoms with van der Waals surface area (Å²) in [6.45, 7) is 2.95. The van der Waals surface area contributed by atoms with Gasteiger partial charge in [-0.25, -0.2) is 9.97 Å². The minimum absolute atomic E-state index is 0.719. The molecule has 0 bridgehead atoms. The van der Waals surface area contributed by atoms with Gasteiger partial charge >= 0.3 is 0 Å². The molecule has 1 fully saturated rings. The summed E-state index contributed by atoms with van der Waals surface area (Å²) in [6, 6.07) is 2.71. The van der Waals surface area contributed by atoms with Gasteiger partial charge in [0, 0.05) is 29.7 Å². The van der Waals surface area contributed by atoms with Crippen LogP contribution in [-0.2, 0) is 6.54 Å². The lowest BCUT2D eigenvalue weighted by Gasteiger charge is -2.04. The van der Waals surface area contributed by atoms with E-state index >= 15 is 0 Å². The minimum atomic E-state index is 0.719. The van der Waals surface area contributed by atoms with E-state index in [-0.39, 0.29) is 0 Å². The lowest BCUT2D eigenvalue weighted by molar-refractivity contribution is 0.673. The average Bonchev–Trinajstić information content (AvgIpc) is 3.08. The molecule has 88 valence electrons. The number of thiophene rings is 1. The summed E-state index contributed by atoms with van der Waals surface area (Å²) in [5, 5.41) is 7.72. The third-order valence-electron chi connectivity index (χ3n) is 2.96. The van der Waals surface area contributed by atoms with Crippen LogP contribution in [0, 0.1) is 6.92 Å². The Bertz CT molecular complexity index is 517. The van der Waals surface area contributed by atoms with E-state index in [0.29, 0.717) is 0 Å². The van der Waals surface area contributed by atoms with Crippen LogP contribution in [0.25, 0.3) is 11.4 Å². The van der Waals surface area contributed by atoms with Crippen molar-refractivity contribution in [2.75, 3.05) is 0 Å². The molecule has 0 radical (unpaired) electrons. The number of aryl methyl sites for hydroxylation is 1.